The fraction of sp³-hybridized carbons (Fsp3) is 0.333. The van der Waals surface area contributed by atoms with Crippen molar-refractivity contribution in [1.29, 1.82) is 0 Å². The van der Waals surface area contributed by atoms with Crippen LogP contribution in [0.3, 0.4) is 0 Å². The van der Waals surface area contributed by atoms with Crippen molar-refractivity contribution in [3.63, 3.8) is 0 Å². The Morgan fingerprint density at radius 3 is 2.85 bits per heavy atom. The first-order chi connectivity index (χ1) is 5.68. The van der Waals surface area contributed by atoms with E-state index in [0.717, 1.165) is 22.3 Å². The molecular weight excluding hydrogens is 273 g/mol. The lowest BCUT2D eigenvalue weighted by atomic mass is 10.1. The van der Waals surface area contributed by atoms with Gasteiger partial charge in [-0.1, -0.05) is 27.5 Å². The number of nitrogens with two attached hydrogens (primary N) is 1. The van der Waals surface area contributed by atoms with Gasteiger partial charge in [-0.2, -0.15) is 0 Å². The van der Waals surface area contributed by atoms with Gasteiger partial charge in [-0.05, 0) is 36.1 Å². The zero-order valence-corrected chi connectivity index (χ0v) is 10.0. The van der Waals surface area contributed by atoms with Gasteiger partial charge >= 0.3 is 0 Å². The van der Waals surface area contributed by atoms with Gasteiger partial charge in [0.25, 0.3) is 0 Å². The summed E-state index contributed by atoms with van der Waals surface area (Å²) in [5, 5.41) is 0.762. The van der Waals surface area contributed by atoms with Crippen molar-refractivity contribution >= 4 is 39.9 Å². The average Bonchev–Trinajstić information content (AvgIpc) is 2.33. The first-order valence-corrected chi connectivity index (χ1v) is 5.09. The van der Waals surface area contributed by atoms with E-state index in [1.54, 1.807) is 0 Å². The van der Waals surface area contributed by atoms with Gasteiger partial charge in [0, 0.05) is 15.5 Å². The van der Waals surface area contributed by atoms with Crippen LogP contribution in [0.15, 0.2) is 16.6 Å². The molecule has 1 atom stereocenters. The van der Waals surface area contributed by atoms with E-state index in [1.165, 1.54) is 11.1 Å². The number of halogens is 3. The number of benzene rings is 1. The number of fused-ring (bicyclic) bond motifs is 1. The van der Waals surface area contributed by atoms with Gasteiger partial charge in [0.2, 0.25) is 0 Å². The molecule has 1 aliphatic carbocycles. The average molecular weight is 283 g/mol. The van der Waals surface area contributed by atoms with Gasteiger partial charge < -0.3 is 5.73 Å². The Hall–Kier alpha value is 0.240. The smallest absolute Gasteiger partial charge is 0.0420 e. The number of hydrogen-bond acceptors (Lipinski definition) is 1. The van der Waals surface area contributed by atoms with Gasteiger partial charge in [-0.3, -0.25) is 0 Å². The Morgan fingerprint density at radius 1 is 1.46 bits per heavy atom. The summed E-state index contributed by atoms with van der Waals surface area (Å²) in [6.07, 6.45) is 2.10. The molecule has 1 nitrogen and oxygen atoms in total. The molecule has 0 radical (unpaired) electrons. The Balaban J connectivity index is 0.000000845. The van der Waals surface area contributed by atoms with Crippen LogP contribution < -0.4 is 5.73 Å². The van der Waals surface area contributed by atoms with Crippen LogP contribution in [-0.2, 0) is 6.42 Å². The van der Waals surface area contributed by atoms with Gasteiger partial charge in [0.05, 0.1) is 0 Å². The topological polar surface area (TPSA) is 26.0 Å². The normalized spacial score (nSPS) is 19.5. The van der Waals surface area contributed by atoms with E-state index in [-0.39, 0.29) is 18.4 Å². The molecular formula is C9H10BrCl2N. The maximum atomic E-state index is 5.91. The van der Waals surface area contributed by atoms with Crippen molar-refractivity contribution in [3.05, 3.63) is 32.8 Å². The zero-order chi connectivity index (χ0) is 8.72. The summed E-state index contributed by atoms with van der Waals surface area (Å²) in [5.74, 6) is 0. The molecule has 1 aliphatic rings. The highest BCUT2D eigenvalue weighted by atomic mass is 79.9. The fourth-order valence-electron chi connectivity index (χ4n) is 1.67. The zero-order valence-electron chi connectivity index (χ0n) is 6.89. The summed E-state index contributed by atoms with van der Waals surface area (Å²) in [6.45, 7) is 0. The summed E-state index contributed by atoms with van der Waals surface area (Å²) in [7, 11) is 0. The molecule has 72 valence electrons. The Labute approximate surface area is 97.2 Å². The minimum atomic E-state index is 0. The SMILES string of the molecule is Cl.NC1CCc2c(Br)cc(Cl)cc21. The van der Waals surface area contributed by atoms with E-state index < -0.39 is 0 Å². The van der Waals surface area contributed by atoms with Gasteiger partial charge in [0.15, 0.2) is 0 Å². The van der Waals surface area contributed by atoms with Crippen molar-refractivity contribution < 1.29 is 0 Å². The first-order valence-electron chi connectivity index (χ1n) is 3.92. The van der Waals surface area contributed by atoms with Crippen molar-refractivity contribution in [2.45, 2.75) is 18.9 Å². The van der Waals surface area contributed by atoms with E-state index in [9.17, 15) is 0 Å². The Bertz CT molecular complexity index is 328. The molecule has 1 aromatic rings. The summed E-state index contributed by atoms with van der Waals surface area (Å²) in [5.41, 5.74) is 8.43. The molecule has 0 amide bonds. The minimum Gasteiger partial charge on any atom is -0.324 e. The highest BCUT2D eigenvalue weighted by molar-refractivity contribution is 9.10. The molecule has 0 saturated heterocycles. The molecule has 1 aromatic carbocycles. The molecule has 13 heavy (non-hydrogen) atoms. The molecule has 0 fully saturated rings. The molecule has 2 rings (SSSR count). The van der Waals surface area contributed by atoms with Gasteiger partial charge in [-0.15, -0.1) is 12.4 Å². The second-order valence-electron chi connectivity index (χ2n) is 3.10. The van der Waals surface area contributed by atoms with Crippen LogP contribution in [0.4, 0.5) is 0 Å². The van der Waals surface area contributed by atoms with Crippen LogP contribution in [0.1, 0.15) is 23.6 Å². The molecule has 0 spiro atoms. The third-order valence-electron chi connectivity index (χ3n) is 2.30. The third kappa shape index (κ3) is 2.01. The van der Waals surface area contributed by atoms with Crippen molar-refractivity contribution in [2.24, 2.45) is 5.73 Å². The van der Waals surface area contributed by atoms with Crippen LogP contribution in [0.25, 0.3) is 0 Å². The molecule has 0 heterocycles. The summed E-state index contributed by atoms with van der Waals surface area (Å²) in [6, 6.07) is 4.08. The lowest BCUT2D eigenvalue weighted by Crippen LogP contribution is -2.04. The number of hydrogen-bond donors (Lipinski definition) is 1. The predicted octanol–water partition coefficient (Wildman–Crippen LogP) is 3.47. The molecule has 0 aromatic heterocycles. The largest absolute Gasteiger partial charge is 0.324 e. The van der Waals surface area contributed by atoms with Crippen LogP contribution in [0.5, 0.6) is 0 Å². The summed E-state index contributed by atoms with van der Waals surface area (Å²) in [4.78, 5) is 0. The fourth-order valence-corrected chi connectivity index (χ4v) is 2.71. The van der Waals surface area contributed by atoms with Crippen LogP contribution in [0, 0.1) is 0 Å². The van der Waals surface area contributed by atoms with E-state index >= 15 is 0 Å². The van der Waals surface area contributed by atoms with E-state index in [2.05, 4.69) is 15.9 Å². The van der Waals surface area contributed by atoms with Crippen LogP contribution >= 0.6 is 39.9 Å². The van der Waals surface area contributed by atoms with Crippen LogP contribution in [0.2, 0.25) is 5.02 Å². The number of rotatable bonds is 0. The molecule has 2 N–H and O–H groups in total. The maximum absolute atomic E-state index is 5.91. The van der Waals surface area contributed by atoms with Crippen molar-refractivity contribution in [1.82, 2.24) is 0 Å². The summed E-state index contributed by atoms with van der Waals surface area (Å²) >= 11 is 9.39. The predicted molar refractivity (Wildman–Crippen MR) is 61.6 cm³/mol. The molecule has 0 saturated carbocycles. The Morgan fingerprint density at radius 2 is 2.15 bits per heavy atom. The quantitative estimate of drug-likeness (QED) is 0.775. The second kappa shape index (κ2) is 4.18. The Kier molecular flexibility index (Phi) is 3.64. The lowest BCUT2D eigenvalue weighted by molar-refractivity contribution is 0.713. The monoisotopic (exact) mass is 281 g/mol. The first kappa shape index (κ1) is 11.3. The van der Waals surface area contributed by atoms with Crippen molar-refractivity contribution in [3.8, 4) is 0 Å². The van der Waals surface area contributed by atoms with E-state index in [1.807, 2.05) is 12.1 Å². The van der Waals surface area contributed by atoms with Crippen molar-refractivity contribution in [2.75, 3.05) is 0 Å². The standard InChI is InChI=1S/C9H9BrClN.ClH/c10-8-4-5(11)3-7-6(8)1-2-9(7)12;/h3-4,9H,1-2,12H2;1H. The summed E-state index contributed by atoms with van der Waals surface area (Å²) < 4.78 is 1.10. The molecule has 1 unspecified atom stereocenters. The maximum Gasteiger partial charge on any atom is 0.0420 e. The van der Waals surface area contributed by atoms with Crippen LogP contribution in [-0.4, -0.2) is 0 Å². The molecule has 0 aliphatic heterocycles. The molecule has 0 bridgehead atoms. The second-order valence-corrected chi connectivity index (χ2v) is 4.39. The highest BCUT2D eigenvalue weighted by Crippen LogP contribution is 2.36. The van der Waals surface area contributed by atoms with E-state index in [4.69, 9.17) is 17.3 Å². The highest BCUT2D eigenvalue weighted by Gasteiger charge is 2.21. The minimum absolute atomic E-state index is 0. The lowest BCUT2D eigenvalue weighted by Gasteiger charge is -2.06. The third-order valence-corrected chi connectivity index (χ3v) is 3.23. The van der Waals surface area contributed by atoms with E-state index in [0.29, 0.717) is 0 Å². The van der Waals surface area contributed by atoms with Gasteiger partial charge in [-0.25, -0.2) is 0 Å². The van der Waals surface area contributed by atoms with Gasteiger partial charge in [0.1, 0.15) is 0 Å². The molecule has 4 heteroatoms.